The SMILES string of the molecule is O=C(NCC1CCCC1O)c1cc(-c2cccs2)on1. The largest absolute Gasteiger partial charge is 0.393 e. The Labute approximate surface area is 120 Å². The van der Waals surface area contributed by atoms with Crippen LogP contribution in [0.2, 0.25) is 0 Å². The van der Waals surface area contributed by atoms with Gasteiger partial charge in [-0.1, -0.05) is 17.6 Å². The van der Waals surface area contributed by atoms with Crippen LogP contribution in [0.5, 0.6) is 0 Å². The lowest BCUT2D eigenvalue weighted by Crippen LogP contribution is -2.32. The maximum atomic E-state index is 12.0. The molecule has 5 nitrogen and oxygen atoms in total. The van der Waals surface area contributed by atoms with Gasteiger partial charge in [-0.25, -0.2) is 0 Å². The van der Waals surface area contributed by atoms with Crippen LogP contribution < -0.4 is 5.32 Å². The number of nitrogens with zero attached hydrogens (tertiary/aromatic N) is 1. The maximum Gasteiger partial charge on any atom is 0.273 e. The Morgan fingerprint density at radius 3 is 3.15 bits per heavy atom. The Bertz CT molecular complexity index is 579. The Morgan fingerprint density at radius 2 is 2.45 bits per heavy atom. The van der Waals surface area contributed by atoms with Gasteiger partial charge in [0.05, 0.1) is 11.0 Å². The van der Waals surface area contributed by atoms with Crippen molar-refractivity contribution in [1.29, 1.82) is 0 Å². The second-order valence-electron chi connectivity index (χ2n) is 5.02. The van der Waals surface area contributed by atoms with Gasteiger partial charge in [0, 0.05) is 18.5 Å². The summed E-state index contributed by atoms with van der Waals surface area (Å²) in [6.45, 7) is 0.487. The summed E-state index contributed by atoms with van der Waals surface area (Å²) in [5.41, 5.74) is 0.279. The normalized spacial score (nSPS) is 22.1. The van der Waals surface area contributed by atoms with Gasteiger partial charge in [-0.05, 0) is 24.3 Å². The first-order chi connectivity index (χ1) is 9.74. The highest BCUT2D eigenvalue weighted by Gasteiger charge is 2.26. The monoisotopic (exact) mass is 292 g/mol. The van der Waals surface area contributed by atoms with Gasteiger partial charge < -0.3 is 14.9 Å². The summed E-state index contributed by atoms with van der Waals surface area (Å²) >= 11 is 1.54. The van der Waals surface area contributed by atoms with Crippen molar-refractivity contribution in [2.75, 3.05) is 6.54 Å². The van der Waals surface area contributed by atoms with Crippen molar-refractivity contribution < 1.29 is 14.4 Å². The van der Waals surface area contributed by atoms with Gasteiger partial charge in [-0.15, -0.1) is 11.3 Å². The van der Waals surface area contributed by atoms with Crippen LogP contribution in [0, 0.1) is 5.92 Å². The van der Waals surface area contributed by atoms with Gasteiger partial charge in [0.15, 0.2) is 11.5 Å². The van der Waals surface area contributed by atoms with E-state index in [1.54, 1.807) is 6.07 Å². The van der Waals surface area contributed by atoms with Crippen molar-refractivity contribution in [2.45, 2.75) is 25.4 Å². The average molecular weight is 292 g/mol. The highest BCUT2D eigenvalue weighted by Crippen LogP contribution is 2.26. The molecular weight excluding hydrogens is 276 g/mol. The molecular formula is C14H16N2O3S. The predicted octanol–water partition coefficient (Wildman–Crippen LogP) is 2.29. The number of carbonyl (C=O) groups excluding carboxylic acids is 1. The van der Waals surface area contributed by atoms with Crippen LogP contribution in [-0.4, -0.2) is 28.8 Å². The van der Waals surface area contributed by atoms with E-state index < -0.39 is 0 Å². The molecule has 1 amide bonds. The van der Waals surface area contributed by atoms with E-state index >= 15 is 0 Å². The zero-order chi connectivity index (χ0) is 13.9. The van der Waals surface area contributed by atoms with Crippen LogP contribution in [0.1, 0.15) is 29.8 Å². The van der Waals surface area contributed by atoms with E-state index in [4.69, 9.17) is 4.52 Å². The summed E-state index contributed by atoms with van der Waals surface area (Å²) < 4.78 is 5.17. The van der Waals surface area contributed by atoms with Crippen molar-refractivity contribution in [1.82, 2.24) is 10.5 Å². The molecule has 1 fully saturated rings. The molecule has 2 aromatic heterocycles. The number of aromatic nitrogens is 1. The lowest BCUT2D eigenvalue weighted by atomic mass is 10.1. The van der Waals surface area contributed by atoms with Gasteiger partial charge >= 0.3 is 0 Å². The summed E-state index contributed by atoms with van der Waals surface area (Å²) in [6.07, 6.45) is 2.51. The third kappa shape index (κ3) is 2.76. The van der Waals surface area contributed by atoms with Gasteiger partial charge in [-0.3, -0.25) is 4.79 Å². The fraction of sp³-hybridized carbons (Fsp3) is 0.429. The van der Waals surface area contributed by atoms with Crippen LogP contribution in [0.25, 0.3) is 10.6 Å². The lowest BCUT2D eigenvalue weighted by molar-refractivity contribution is 0.0908. The summed E-state index contributed by atoms with van der Waals surface area (Å²) in [6, 6.07) is 5.48. The molecule has 0 radical (unpaired) electrons. The van der Waals surface area contributed by atoms with Gasteiger partial charge in [0.1, 0.15) is 0 Å². The van der Waals surface area contributed by atoms with E-state index in [2.05, 4.69) is 10.5 Å². The molecule has 6 heteroatoms. The molecule has 106 valence electrons. The third-order valence-electron chi connectivity index (χ3n) is 3.65. The minimum atomic E-state index is -0.297. The predicted molar refractivity (Wildman–Crippen MR) is 75.5 cm³/mol. The smallest absolute Gasteiger partial charge is 0.273 e. The number of carbonyl (C=O) groups is 1. The van der Waals surface area contributed by atoms with E-state index in [0.29, 0.717) is 12.3 Å². The first-order valence-corrected chi connectivity index (χ1v) is 7.59. The van der Waals surface area contributed by atoms with E-state index in [0.717, 1.165) is 24.1 Å². The fourth-order valence-corrected chi connectivity index (χ4v) is 3.16. The molecule has 0 spiro atoms. The number of hydrogen-bond acceptors (Lipinski definition) is 5. The van der Waals surface area contributed by atoms with Crippen LogP contribution in [0.3, 0.4) is 0 Å². The minimum Gasteiger partial charge on any atom is -0.393 e. The molecule has 3 rings (SSSR count). The van der Waals surface area contributed by atoms with Crippen LogP contribution in [-0.2, 0) is 0 Å². The Hall–Kier alpha value is -1.66. The Balaban J connectivity index is 1.60. The topological polar surface area (TPSA) is 75.4 Å². The molecule has 0 aliphatic heterocycles. The first kappa shape index (κ1) is 13.3. The number of rotatable bonds is 4. The fourth-order valence-electron chi connectivity index (χ4n) is 2.49. The number of amides is 1. The zero-order valence-electron chi connectivity index (χ0n) is 10.9. The average Bonchev–Trinajstić information content (AvgIpc) is 3.17. The van der Waals surface area contributed by atoms with Crippen molar-refractivity contribution in [2.24, 2.45) is 5.92 Å². The van der Waals surface area contributed by atoms with E-state index in [9.17, 15) is 9.90 Å². The van der Waals surface area contributed by atoms with Crippen LogP contribution >= 0.6 is 11.3 Å². The quantitative estimate of drug-likeness (QED) is 0.906. The molecule has 2 heterocycles. The van der Waals surface area contributed by atoms with Crippen molar-refractivity contribution in [3.63, 3.8) is 0 Å². The van der Waals surface area contributed by atoms with E-state index in [-0.39, 0.29) is 23.6 Å². The Kier molecular flexibility index (Phi) is 3.84. The van der Waals surface area contributed by atoms with Crippen molar-refractivity contribution >= 4 is 17.2 Å². The summed E-state index contributed by atoms with van der Waals surface area (Å²) in [5.74, 6) is 0.504. The molecule has 2 aromatic rings. The number of thiophene rings is 1. The molecule has 20 heavy (non-hydrogen) atoms. The van der Waals surface area contributed by atoms with Crippen molar-refractivity contribution in [3.8, 4) is 10.6 Å². The molecule has 2 unspecified atom stereocenters. The molecule has 2 atom stereocenters. The zero-order valence-corrected chi connectivity index (χ0v) is 11.7. The minimum absolute atomic E-state index is 0.155. The molecule has 0 bridgehead atoms. The van der Waals surface area contributed by atoms with E-state index in [1.165, 1.54) is 11.3 Å². The molecule has 1 aliphatic carbocycles. The number of hydrogen-bond donors (Lipinski definition) is 2. The van der Waals surface area contributed by atoms with Gasteiger partial charge in [-0.2, -0.15) is 0 Å². The van der Waals surface area contributed by atoms with Crippen LogP contribution in [0.15, 0.2) is 28.1 Å². The Morgan fingerprint density at radius 1 is 1.55 bits per heavy atom. The summed E-state index contributed by atoms with van der Waals surface area (Å²) in [5, 5.41) is 18.3. The number of nitrogens with one attached hydrogen (secondary N) is 1. The van der Waals surface area contributed by atoms with Gasteiger partial charge in [0.25, 0.3) is 5.91 Å². The first-order valence-electron chi connectivity index (χ1n) is 6.71. The second-order valence-corrected chi connectivity index (χ2v) is 5.97. The highest BCUT2D eigenvalue weighted by atomic mass is 32.1. The highest BCUT2D eigenvalue weighted by molar-refractivity contribution is 7.13. The van der Waals surface area contributed by atoms with Crippen molar-refractivity contribution in [3.05, 3.63) is 29.3 Å². The van der Waals surface area contributed by atoms with Gasteiger partial charge in [0.2, 0.25) is 0 Å². The van der Waals surface area contributed by atoms with E-state index in [1.807, 2.05) is 17.5 Å². The maximum absolute atomic E-state index is 12.0. The molecule has 0 aromatic carbocycles. The summed E-state index contributed by atoms with van der Waals surface area (Å²) in [7, 11) is 0. The number of aliphatic hydroxyl groups is 1. The molecule has 2 N–H and O–H groups in total. The molecule has 1 aliphatic rings. The standard InChI is InChI=1S/C14H16N2O3S/c17-11-4-1-3-9(11)8-15-14(18)10-7-12(19-16-10)13-5-2-6-20-13/h2,5-7,9,11,17H,1,3-4,8H2,(H,15,18). The molecule has 1 saturated carbocycles. The molecule has 0 saturated heterocycles. The number of aliphatic hydroxyl groups excluding tert-OH is 1. The van der Waals surface area contributed by atoms with Crippen LogP contribution in [0.4, 0.5) is 0 Å². The summed E-state index contributed by atoms with van der Waals surface area (Å²) in [4.78, 5) is 12.9. The lowest BCUT2D eigenvalue weighted by Gasteiger charge is -2.14. The third-order valence-corrected chi connectivity index (χ3v) is 4.54. The second kappa shape index (κ2) is 5.76.